The maximum Gasteiger partial charge on any atom is 0.177 e. The van der Waals surface area contributed by atoms with Gasteiger partial charge < -0.3 is 10.2 Å². The number of aliphatic hydroxyl groups excluding tert-OH is 2. The van der Waals surface area contributed by atoms with Crippen LogP contribution in [0, 0.1) is 5.41 Å². The van der Waals surface area contributed by atoms with Crippen molar-refractivity contribution in [2.45, 2.75) is 13.8 Å². The van der Waals surface area contributed by atoms with Crippen molar-refractivity contribution in [3.05, 3.63) is 11.1 Å². The Morgan fingerprint density at radius 3 is 1.46 bits per heavy atom. The molecular formula is C9H12O4. The Labute approximate surface area is 75.9 Å². The zero-order valence-electron chi connectivity index (χ0n) is 7.63. The monoisotopic (exact) mass is 184 g/mol. The lowest BCUT2D eigenvalue weighted by Gasteiger charge is -2.20. The molecule has 0 aromatic rings. The normalized spacial score (nSPS) is 21.5. The number of rotatable bonds is 2. The van der Waals surface area contributed by atoms with Gasteiger partial charge in [-0.1, -0.05) is 0 Å². The Kier molecular flexibility index (Phi) is 2.36. The van der Waals surface area contributed by atoms with Crippen LogP contribution in [0.3, 0.4) is 0 Å². The number of Topliss-reactive ketones (excluding diaryl/α,β-unsaturated/α-hetero) is 2. The quantitative estimate of drug-likeness (QED) is 0.564. The first-order valence-electron chi connectivity index (χ1n) is 4.00. The van der Waals surface area contributed by atoms with Crippen LogP contribution in [-0.4, -0.2) is 35.0 Å². The molecule has 1 aliphatic rings. The van der Waals surface area contributed by atoms with Gasteiger partial charge in [0.05, 0.1) is 13.2 Å². The van der Waals surface area contributed by atoms with Crippen LogP contribution in [-0.2, 0) is 9.59 Å². The number of carbonyl (C=O) groups excluding carboxylic acids is 2. The second-order valence-electron chi connectivity index (χ2n) is 3.31. The van der Waals surface area contributed by atoms with E-state index in [1.165, 1.54) is 13.8 Å². The molecule has 0 saturated heterocycles. The van der Waals surface area contributed by atoms with Crippen LogP contribution in [0.1, 0.15) is 13.8 Å². The number of allylic oxidation sites excluding steroid dienone is 2. The Hall–Kier alpha value is -1.00. The van der Waals surface area contributed by atoms with Gasteiger partial charge in [0, 0.05) is 0 Å². The first-order valence-corrected chi connectivity index (χ1v) is 4.00. The Balaban J connectivity index is 3.22. The average molecular weight is 184 g/mol. The highest BCUT2D eigenvalue weighted by molar-refractivity contribution is 6.27. The summed E-state index contributed by atoms with van der Waals surface area (Å²) in [6.45, 7) is 1.80. The molecular weight excluding hydrogens is 172 g/mol. The van der Waals surface area contributed by atoms with E-state index in [0.717, 1.165) is 0 Å². The van der Waals surface area contributed by atoms with Crippen LogP contribution in [0.5, 0.6) is 0 Å². The van der Waals surface area contributed by atoms with Gasteiger partial charge in [-0.15, -0.1) is 0 Å². The number of hydrogen-bond acceptors (Lipinski definition) is 4. The summed E-state index contributed by atoms with van der Waals surface area (Å²) in [6, 6.07) is 0. The maximum atomic E-state index is 11.5. The van der Waals surface area contributed by atoms with Gasteiger partial charge in [0.25, 0.3) is 0 Å². The molecule has 0 fully saturated rings. The van der Waals surface area contributed by atoms with Gasteiger partial charge in [0.1, 0.15) is 5.41 Å². The van der Waals surface area contributed by atoms with Crippen molar-refractivity contribution in [1.29, 1.82) is 0 Å². The topological polar surface area (TPSA) is 74.6 Å². The molecule has 1 rings (SSSR count). The van der Waals surface area contributed by atoms with E-state index < -0.39 is 30.2 Å². The van der Waals surface area contributed by atoms with E-state index in [1.54, 1.807) is 0 Å². The molecule has 1 aliphatic carbocycles. The molecule has 0 atom stereocenters. The van der Waals surface area contributed by atoms with Crippen molar-refractivity contribution < 1.29 is 19.8 Å². The van der Waals surface area contributed by atoms with Crippen LogP contribution in [0.25, 0.3) is 0 Å². The van der Waals surface area contributed by atoms with Gasteiger partial charge in [-0.25, -0.2) is 0 Å². The molecule has 4 heteroatoms. The lowest BCUT2D eigenvalue weighted by molar-refractivity contribution is -0.139. The fraction of sp³-hybridized carbons (Fsp3) is 0.556. The highest BCUT2D eigenvalue weighted by Crippen LogP contribution is 2.34. The predicted molar refractivity (Wildman–Crippen MR) is 45.0 cm³/mol. The molecule has 0 amide bonds. The standard InChI is InChI=1S/C9H12O4/c1-5-6(2)8(13)9(3-10,4-11)7(5)12/h10-11H,3-4H2,1-2H3. The lowest BCUT2D eigenvalue weighted by Crippen LogP contribution is -2.42. The molecule has 0 spiro atoms. The van der Waals surface area contributed by atoms with Gasteiger partial charge in [-0.05, 0) is 25.0 Å². The number of carbonyl (C=O) groups is 2. The molecule has 72 valence electrons. The van der Waals surface area contributed by atoms with E-state index in [2.05, 4.69) is 0 Å². The zero-order valence-corrected chi connectivity index (χ0v) is 7.63. The summed E-state index contributed by atoms with van der Waals surface area (Å²) < 4.78 is 0. The first kappa shape index (κ1) is 10.1. The molecule has 4 nitrogen and oxygen atoms in total. The summed E-state index contributed by atoms with van der Waals surface area (Å²) in [5.74, 6) is -0.917. The predicted octanol–water partition coefficient (Wildman–Crippen LogP) is -0.554. The second-order valence-corrected chi connectivity index (χ2v) is 3.31. The zero-order chi connectivity index (χ0) is 10.2. The summed E-state index contributed by atoms with van der Waals surface area (Å²) in [5, 5.41) is 17.9. The fourth-order valence-corrected chi connectivity index (χ4v) is 1.50. The van der Waals surface area contributed by atoms with Crippen LogP contribution in [0.2, 0.25) is 0 Å². The van der Waals surface area contributed by atoms with Crippen LogP contribution in [0.15, 0.2) is 11.1 Å². The first-order chi connectivity index (χ1) is 6.01. The Morgan fingerprint density at radius 1 is 1.00 bits per heavy atom. The maximum absolute atomic E-state index is 11.5. The van der Waals surface area contributed by atoms with Crippen molar-refractivity contribution in [3.63, 3.8) is 0 Å². The fourth-order valence-electron chi connectivity index (χ4n) is 1.50. The van der Waals surface area contributed by atoms with Gasteiger partial charge >= 0.3 is 0 Å². The summed E-state index contributed by atoms with van der Waals surface area (Å²) in [4.78, 5) is 23.0. The molecule has 0 unspecified atom stereocenters. The minimum Gasteiger partial charge on any atom is -0.395 e. The van der Waals surface area contributed by atoms with Crippen molar-refractivity contribution in [1.82, 2.24) is 0 Å². The van der Waals surface area contributed by atoms with E-state index in [0.29, 0.717) is 11.1 Å². The van der Waals surface area contributed by atoms with Gasteiger partial charge in [0.15, 0.2) is 11.6 Å². The van der Waals surface area contributed by atoms with Crippen molar-refractivity contribution in [2.75, 3.05) is 13.2 Å². The molecule has 2 N–H and O–H groups in total. The number of hydrogen-bond donors (Lipinski definition) is 2. The number of ketones is 2. The lowest BCUT2D eigenvalue weighted by atomic mass is 9.83. The second kappa shape index (κ2) is 3.05. The minimum atomic E-state index is -1.60. The highest BCUT2D eigenvalue weighted by Gasteiger charge is 2.51. The van der Waals surface area contributed by atoms with E-state index in [-0.39, 0.29) is 0 Å². The Bertz CT molecular complexity index is 271. The highest BCUT2D eigenvalue weighted by atomic mass is 16.3. The van der Waals surface area contributed by atoms with Gasteiger partial charge in [-0.3, -0.25) is 9.59 Å². The van der Waals surface area contributed by atoms with Crippen LogP contribution < -0.4 is 0 Å². The van der Waals surface area contributed by atoms with Crippen LogP contribution in [0.4, 0.5) is 0 Å². The van der Waals surface area contributed by atoms with Crippen molar-refractivity contribution >= 4 is 11.6 Å². The SMILES string of the molecule is CC1=C(C)C(=O)C(CO)(CO)C1=O. The summed E-state index contributed by atoms with van der Waals surface area (Å²) in [6.07, 6.45) is 0. The number of aliphatic hydroxyl groups is 2. The average Bonchev–Trinajstić information content (AvgIpc) is 2.31. The molecule has 0 aromatic heterocycles. The van der Waals surface area contributed by atoms with Crippen molar-refractivity contribution in [2.24, 2.45) is 5.41 Å². The summed E-state index contributed by atoms with van der Waals surface area (Å²) >= 11 is 0. The van der Waals surface area contributed by atoms with Crippen molar-refractivity contribution in [3.8, 4) is 0 Å². The summed E-state index contributed by atoms with van der Waals surface area (Å²) in [5.41, 5.74) is -0.921. The Morgan fingerprint density at radius 2 is 1.31 bits per heavy atom. The molecule has 0 aliphatic heterocycles. The molecule has 0 aromatic carbocycles. The smallest absolute Gasteiger partial charge is 0.177 e. The molecule has 0 radical (unpaired) electrons. The molecule has 0 bridgehead atoms. The van der Waals surface area contributed by atoms with Crippen LogP contribution >= 0.6 is 0 Å². The molecule has 13 heavy (non-hydrogen) atoms. The third-order valence-corrected chi connectivity index (χ3v) is 2.65. The minimum absolute atomic E-state index is 0.341. The third kappa shape index (κ3) is 1.06. The van der Waals surface area contributed by atoms with E-state index in [9.17, 15) is 9.59 Å². The van der Waals surface area contributed by atoms with Gasteiger partial charge in [-0.2, -0.15) is 0 Å². The van der Waals surface area contributed by atoms with E-state index >= 15 is 0 Å². The molecule has 0 heterocycles. The third-order valence-electron chi connectivity index (χ3n) is 2.65. The van der Waals surface area contributed by atoms with E-state index in [4.69, 9.17) is 10.2 Å². The molecule has 0 saturated carbocycles. The van der Waals surface area contributed by atoms with Gasteiger partial charge in [0.2, 0.25) is 0 Å². The summed E-state index contributed by atoms with van der Waals surface area (Å²) in [7, 11) is 0. The van der Waals surface area contributed by atoms with E-state index in [1.807, 2.05) is 0 Å². The largest absolute Gasteiger partial charge is 0.395 e.